The molecule has 0 aromatic carbocycles. The summed E-state index contributed by atoms with van der Waals surface area (Å²) in [5, 5.41) is 23.4. The maximum absolute atomic E-state index is 12.2. The zero-order valence-corrected chi connectivity index (χ0v) is 15.0. The lowest BCUT2D eigenvalue weighted by Gasteiger charge is -2.24. The summed E-state index contributed by atoms with van der Waals surface area (Å²) < 4.78 is 0. The van der Waals surface area contributed by atoms with Crippen molar-refractivity contribution < 1.29 is 29.4 Å². The fraction of sp³-hybridized carbons (Fsp3) is 0.714. The van der Waals surface area contributed by atoms with Crippen LogP contribution in [-0.4, -0.2) is 70.1 Å². The Bertz CT molecular complexity index is 488. The number of hydrogen-bond acceptors (Lipinski definition) is 7. The van der Waals surface area contributed by atoms with Crippen molar-refractivity contribution in [1.82, 2.24) is 10.6 Å². The van der Waals surface area contributed by atoms with Crippen LogP contribution in [0.1, 0.15) is 26.2 Å². The topological polar surface area (TPSA) is 185 Å². The van der Waals surface area contributed by atoms with Crippen molar-refractivity contribution in [1.29, 1.82) is 0 Å². The highest BCUT2D eigenvalue weighted by atomic mass is 32.2. The fourth-order valence-corrected chi connectivity index (χ4v) is 2.32. The van der Waals surface area contributed by atoms with Crippen LogP contribution in [0.2, 0.25) is 0 Å². The lowest BCUT2D eigenvalue weighted by atomic mass is 10.1. The maximum Gasteiger partial charge on any atom is 0.326 e. The number of primary amides is 1. The second-order valence-corrected chi connectivity index (χ2v) is 6.50. The molecule has 0 aliphatic heterocycles. The Morgan fingerprint density at radius 1 is 1.12 bits per heavy atom. The lowest BCUT2D eigenvalue weighted by molar-refractivity contribution is -0.143. The second kappa shape index (κ2) is 11.7. The number of amides is 3. The number of carboxylic acid groups (broad SMARTS) is 1. The van der Waals surface area contributed by atoms with Gasteiger partial charge in [0.1, 0.15) is 12.1 Å². The molecule has 0 heterocycles. The first kappa shape index (κ1) is 23.1. The number of hydrogen-bond donors (Lipinski definition) is 6. The Morgan fingerprint density at radius 2 is 1.72 bits per heavy atom. The van der Waals surface area contributed by atoms with Gasteiger partial charge in [0.05, 0.1) is 12.1 Å². The number of aliphatic carboxylic acids is 1. The first-order valence-corrected chi connectivity index (χ1v) is 9.04. The number of carboxylic acids is 1. The van der Waals surface area contributed by atoms with E-state index < -0.39 is 47.9 Å². The smallest absolute Gasteiger partial charge is 0.326 e. The van der Waals surface area contributed by atoms with E-state index in [-0.39, 0.29) is 19.3 Å². The van der Waals surface area contributed by atoms with Gasteiger partial charge in [-0.05, 0) is 31.8 Å². The normalized spacial score (nSPS) is 15.5. The number of rotatable bonds is 12. The standard InChI is InChI=1S/C14H26N4O6S/c1-7(19)11(18-12(21)8(15)3-4-10(16)20)13(22)17-9(14(23)24)5-6-25-2/h7-9,11,19H,3-6,15H2,1-2H3,(H2,16,20)(H,17,22)(H,18,21)(H,23,24). The van der Waals surface area contributed by atoms with Gasteiger partial charge in [-0.3, -0.25) is 14.4 Å². The number of carbonyl (C=O) groups is 4. The molecule has 0 radical (unpaired) electrons. The zero-order valence-electron chi connectivity index (χ0n) is 14.2. The summed E-state index contributed by atoms with van der Waals surface area (Å²) in [7, 11) is 0. The second-order valence-electron chi connectivity index (χ2n) is 5.52. The molecule has 0 saturated heterocycles. The fourth-order valence-electron chi connectivity index (χ4n) is 1.85. The molecule has 0 aromatic rings. The third-order valence-electron chi connectivity index (χ3n) is 3.33. The Morgan fingerprint density at radius 3 is 2.16 bits per heavy atom. The van der Waals surface area contributed by atoms with Gasteiger partial charge in [-0.2, -0.15) is 11.8 Å². The van der Waals surface area contributed by atoms with E-state index in [1.165, 1.54) is 18.7 Å². The summed E-state index contributed by atoms with van der Waals surface area (Å²) >= 11 is 1.42. The molecule has 8 N–H and O–H groups in total. The molecule has 10 nitrogen and oxygen atoms in total. The van der Waals surface area contributed by atoms with E-state index in [9.17, 15) is 24.3 Å². The molecule has 4 atom stereocenters. The van der Waals surface area contributed by atoms with Crippen LogP contribution in [0.15, 0.2) is 0 Å². The largest absolute Gasteiger partial charge is 0.480 e. The summed E-state index contributed by atoms with van der Waals surface area (Å²) in [6.45, 7) is 1.27. The van der Waals surface area contributed by atoms with Crippen molar-refractivity contribution in [3.05, 3.63) is 0 Å². The van der Waals surface area contributed by atoms with Gasteiger partial charge in [0.15, 0.2) is 0 Å². The molecule has 0 bridgehead atoms. The first-order valence-electron chi connectivity index (χ1n) is 7.64. The van der Waals surface area contributed by atoms with Crippen LogP contribution in [-0.2, 0) is 19.2 Å². The molecule has 11 heteroatoms. The minimum Gasteiger partial charge on any atom is -0.480 e. The van der Waals surface area contributed by atoms with E-state index >= 15 is 0 Å². The number of nitrogens with two attached hydrogens (primary N) is 2. The van der Waals surface area contributed by atoms with Gasteiger partial charge >= 0.3 is 5.97 Å². The van der Waals surface area contributed by atoms with Gasteiger partial charge in [-0.1, -0.05) is 0 Å². The highest BCUT2D eigenvalue weighted by Crippen LogP contribution is 2.03. The molecular weight excluding hydrogens is 352 g/mol. The molecular formula is C14H26N4O6S. The van der Waals surface area contributed by atoms with Crippen molar-refractivity contribution in [2.75, 3.05) is 12.0 Å². The van der Waals surface area contributed by atoms with Crippen molar-refractivity contribution in [2.45, 2.75) is 50.4 Å². The van der Waals surface area contributed by atoms with Crippen molar-refractivity contribution in [3.63, 3.8) is 0 Å². The van der Waals surface area contributed by atoms with Crippen LogP contribution in [0.4, 0.5) is 0 Å². The summed E-state index contributed by atoms with van der Waals surface area (Å²) in [6, 6.07) is -3.60. The zero-order chi connectivity index (χ0) is 19.6. The molecule has 3 amide bonds. The SMILES string of the molecule is CSCCC(NC(=O)C(NC(=O)C(N)CCC(N)=O)C(C)O)C(=O)O. The molecule has 0 aliphatic carbocycles. The molecule has 0 spiro atoms. The van der Waals surface area contributed by atoms with Crippen molar-refractivity contribution >= 4 is 35.5 Å². The highest BCUT2D eigenvalue weighted by molar-refractivity contribution is 7.98. The van der Waals surface area contributed by atoms with Gasteiger partial charge in [-0.15, -0.1) is 0 Å². The monoisotopic (exact) mass is 378 g/mol. The predicted molar refractivity (Wildman–Crippen MR) is 92.6 cm³/mol. The van der Waals surface area contributed by atoms with Gasteiger partial charge < -0.3 is 32.3 Å². The van der Waals surface area contributed by atoms with Crippen LogP contribution >= 0.6 is 11.8 Å². The van der Waals surface area contributed by atoms with E-state index in [1.54, 1.807) is 6.26 Å². The Kier molecular flexibility index (Phi) is 10.8. The molecule has 0 aliphatic rings. The Balaban J connectivity index is 4.85. The average Bonchev–Trinajstić information content (AvgIpc) is 2.52. The van der Waals surface area contributed by atoms with Crippen LogP contribution in [0.3, 0.4) is 0 Å². The molecule has 0 fully saturated rings. The Hall–Kier alpha value is -1.85. The number of nitrogens with one attached hydrogen (secondary N) is 2. The quantitative estimate of drug-likeness (QED) is 0.220. The van der Waals surface area contributed by atoms with E-state index in [0.717, 1.165) is 0 Å². The van der Waals surface area contributed by atoms with Crippen molar-refractivity contribution in [2.24, 2.45) is 11.5 Å². The molecule has 0 aromatic heterocycles. The third-order valence-corrected chi connectivity index (χ3v) is 3.97. The summed E-state index contributed by atoms with van der Waals surface area (Å²) in [5.74, 6) is -2.90. The van der Waals surface area contributed by atoms with E-state index in [4.69, 9.17) is 16.6 Å². The van der Waals surface area contributed by atoms with Gasteiger partial charge in [0.2, 0.25) is 17.7 Å². The summed E-state index contributed by atoms with van der Waals surface area (Å²) in [5.41, 5.74) is 10.6. The molecule has 4 unspecified atom stereocenters. The minimum absolute atomic E-state index is 0.0131. The highest BCUT2D eigenvalue weighted by Gasteiger charge is 2.30. The number of aliphatic hydroxyl groups excluding tert-OH is 1. The average molecular weight is 378 g/mol. The van der Waals surface area contributed by atoms with Crippen LogP contribution in [0.25, 0.3) is 0 Å². The lowest BCUT2D eigenvalue weighted by Crippen LogP contribution is -2.58. The van der Waals surface area contributed by atoms with Crippen LogP contribution in [0.5, 0.6) is 0 Å². The van der Waals surface area contributed by atoms with E-state index in [0.29, 0.717) is 5.75 Å². The van der Waals surface area contributed by atoms with Crippen molar-refractivity contribution in [3.8, 4) is 0 Å². The summed E-state index contributed by atoms with van der Waals surface area (Å²) in [6.07, 6.45) is 0.604. The number of thioether (sulfide) groups is 1. The number of aliphatic hydroxyl groups is 1. The van der Waals surface area contributed by atoms with Crippen LogP contribution in [0, 0.1) is 0 Å². The molecule has 0 saturated carbocycles. The first-order chi connectivity index (χ1) is 11.6. The molecule has 25 heavy (non-hydrogen) atoms. The maximum atomic E-state index is 12.2. The molecule has 0 rings (SSSR count). The van der Waals surface area contributed by atoms with Gasteiger partial charge in [0, 0.05) is 6.42 Å². The third kappa shape index (κ3) is 9.27. The predicted octanol–water partition coefficient (Wildman–Crippen LogP) is -2.23. The summed E-state index contributed by atoms with van der Waals surface area (Å²) in [4.78, 5) is 46.1. The van der Waals surface area contributed by atoms with Gasteiger partial charge in [0.25, 0.3) is 0 Å². The van der Waals surface area contributed by atoms with Crippen LogP contribution < -0.4 is 22.1 Å². The minimum atomic E-state index is -1.37. The van der Waals surface area contributed by atoms with E-state index in [1.807, 2.05) is 0 Å². The Labute approximate surface area is 150 Å². The molecule has 144 valence electrons. The van der Waals surface area contributed by atoms with Gasteiger partial charge in [-0.25, -0.2) is 4.79 Å². The van der Waals surface area contributed by atoms with E-state index in [2.05, 4.69) is 10.6 Å². The number of carbonyl (C=O) groups excluding carboxylic acids is 3.